The van der Waals surface area contributed by atoms with E-state index in [1.807, 2.05) is 23.1 Å². The summed E-state index contributed by atoms with van der Waals surface area (Å²) in [6.45, 7) is 4.55. The molecule has 1 fully saturated rings. The van der Waals surface area contributed by atoms with Gasteiger partial charge < -0.3 is 14.4 Å². The van der Waals surface area contributed by atoms with Crippen LogP contribution >= 0.6 is 0 Å². The van der Waals surface area contributed by atoms with Gasteiger partial charge in [0.1, 0.15) is 22.7 Å². The lowest BCUT2D eigenvalue weighted by Crippen LogP contribution is -2.40. The number of para-hydroxylation sites is 1. The van der Waals surface area contributed by atoms with Gasteiger partial charge in [-0.15, -0.1) is 5.10 Å². The fourth-order valence-electron chi connectivity index (χ4n) is 4.50. The summed E-state index contributed by atoms with van der Waals surface area (Å²) >= 11 is 0. The van der Waals surface area contributed by atoms with Crippen LogP contribution in [-0.4, -0.2) is 51.3 Å². The second-order valence-corrected chi connectivity index (χ2v) is 8.72. The summed E-state index contributed by atoms with van der Waals surface area (Å²) < 4.78 is 28.4. The van der Waals surface area contributed by atoms with Gasteiger partial charge in [-0.1, -0.05) is 30.0 Å². The predicted molar refractivity (Wildman–Crippen MR) is 126 cm³/mol. The topological polar surface area (TPSA) is 78.2 Å². The number of aromatic nitrogens is 5. The zero-order chi connectivity index (χ0) is 23.3. The molecular formula is C25H23FN6O2. The number of benzene rings is 1. The molecule has 0 N–H and O–H groups in total. The molecule has 9 heteroatoms. The molecule has 4 aromatic rings. The number of rotatable bonds is 2. The number of hydrogen-bond donors (Lipinski definition) is 0. The molecular weight excluding hydrogens is 435 g/mol. The standard InChI is InChI=1S/C25H23FN6O2/c1-3-25(14-33-15-25)10-8-16-6-4-7-18-22(16)34-13-5-12-32(18)24-19-17(26)9-11-27-20(19)21-23(28-24)29-30-31(21)2/h4,6-7,9,11H,3,5,12-15H2,1-2H3. The van der Waals surface area contributed by atoms with Crippen LogP contribution < -0.4 is 9.64 Å². The SMILES string of the molecule is CCC1(C#Cc2cccc3c2OCCCN3c2nc3nnn(C)c3c3nccc(F)c23)COC1. The van der Waals surface area contributed by atoms with Crippen molar-refractivity contribution in [2.45, 2.75) is 19.8 Å². The monoisotopic (exact) mass is 458 g/mol. The third kappa shape index (κ3) is 3.17. The normalized spacial score (nSPS) is 16.9. The van der Waals surface area contributed by atoms with E-state index < -0.39 is 5.82 Å². The first kappa shape index (κ1) is 20.8. The van der Waals surface area contributed by atoms with E-state index in [0.717, 1.165) is 24.1 Å². The summed E-state index contributed by atoms with van der Waals surface area (Å²) in [7, 11) is 1.75. The Balaban J connectivity index is 1.55. The Kier molecular flexibility index (Phi) is 4.85. The van der Waals surface area contributed by atoms with Crippen LogP contribution in [0.3, 0.4) is 0 Å². The van der Waals surface area contributed by atoms with Crippen LogP contribution in [0.25, 0.3) is 22.1 Å². The molecule has 6 rings (SSSR count). The van der Waals surface area contributed by atoms with Crippen molar-refractivity contribution in [3.63, 3.8) is 0 Å². The molecule has 0 unspecified atom stereocenters. The Morgan fingerprint density at radius 2 is 2.12 bits per heavy atom. The number of aryl methyl sites for hydroxylation is 1. The van der Waals surface area contributed by atoms with E-state index in [9.17, 15) is 0 Å². The lowest BCUT2D eigenvalue weighted by molar-refractivity contribution is -0.0775. The van der Waals surface area contributed by atoms with Crippen molar-refractivity contribution >= 4 is 33.6 Å². The van der Waals surface area contributed by atoms with Gasteiger partial charge in [0.05, 0.1) is 41.9 Å². The summed E-state index contributed by atoms with van der Waals surface area (Å²) in [4.78, 5) is 11.2. The van der Waals surface area contributed by atoms with E-state index in [-0.39, 0.29) is 5.41 Å². The zero-order valence-corrected chi connectivity index (χ0v) is 19.0. The van der Waals surface area contributed by atoms with Crippen molar-refractivity contribution in [2.24, 2.45) is 12.5 Å². The number of fused-ring (bicyclic) bond motifs is 4. The van der Waals surface area contributed by atoms with E-state index in [2.05, 4.69) is 34.1 Å². The second-order valence-electron chi connectivity index (χ2n) is 8.72. The molecule has 2 aliphatic rings. The average molecular weight is 458 g/mol. The molecule has 0 spiro atoms. The summed E-state index contributed by atoms with van der Waals surface area (Å²) in [5, 5.41) is 8.59. The number of anilines is 2. The predicted octanol–water partition coefficient (Wildman–Crippen LogP) is 3.75. The Morgan fingerprint density at radius 3 is 2.91 bits per heavy atom. The Hall–Kier alpha value is -3.77. The van der Waals surface area contributed by atoms with Crippen LogP contribution in [0.15, 0.2) is 30.5 Å². The molecule has 0 radical (unpaired) electrons. The summed E-state index contributed by atoms with van der Waals surface area (Å²) in [6.07, 6.45) is 3.12. The summed E-state index contributed by atoms with van der Waals surface area (Å²) in [5.41, 5.74) is 2.98. The van der Waals surface area contributed by atoms with Gasteiger partial charge in [-0.05, 0) is 31.0 Å². The zero-order valence-electron chi connectivity index (χ0n) is 19.0. The van der Waals surface area contributed by atoms with Crippen LogP contribution in [0.4, 0.5) is 15.9 Å². The minimum atomic E-state index is -0.395. The molecule has 3 aromatic heterocycles. The van der Waals surface area contributed by atoms with Gasteiger partial charge in [0.25, 0.3) is 0 Å². The number of nitrogens with zero attached hydrogens (tertiary/aromatic N) is 6. The van der Waals surface area contributed by atoms with Gasteiger partial charge in [0.2, 0.25) is 5.65 Å². The van der Waals surface area contributed by atoms with Gasteiger partial charge in [-0.25, -0.2) is 14.1 Å². The van der Waals surface area contributed by atoms with Crippen molar-refractivity contribution in [3.8, 4) is 17.6 Å². The minimum absolute atomic E-state index is 0.100. The van der Waals surface area contributed by atoms with Crippen LogP contribution in [0.1, 0.15) is 25.3 Å². The third-order valence-electron chi connectivity index (χ3n) is 6.58. The third-order valence-corrected chi connectivity index (χ3v) is 6.58. The molecule has 0 bridgehead atoms. The largest absolute Gasteiger partial charge is 0.490 e. The Bertz CT molecular complexity index is 1480. The molecule has 1 aromatic carbocycles. The number of pyridine rings is 2. The lowest BCUT2D eigenvalue weighted by Gasteiger charge is -2.35. The maximum atomic E-state index is 15.2. The quantitative estimate of drug-likeness (QED) is 0.424. The highest BCUT2D eigenvalue weighted by molar-refractivity contribution is 6.06. The second kappa shape index (κ2) is 7.92. The smallest absolute Gasteiger partial charge is 0.206 e. The average Bonchev–Trinajstić information content (AvgIpc) is 3.06. The van der Waals surface area contributed by atoms with Gasteiger partial charge in [0.15, 0.2) is 5.75 Å². The van der Waals surface area contributed by atoms with Gasteiger partial charge in [0, 0.05) is 19.8 Å². The van der Waals surface area contributed by atoms with Crippen LogP contribution in [0, 0.1) is 23.1 Å². The van der Waals surface area contributed by atoms with Gasteiger partial charge in [-0.3, -0.25) is 4.98 Å². The molecule has 5 heterocycles. The number of halogens is 1. The van der Waals surface area contributed by atoms with E-state index in [0.29, 0.717) is 60.0 Å². The fraction of sp³-hybridized carbons (Fsp3) is 0.360. The van der Waals surface area contributed by atoms with Crippen molar-refractivity contribution in [1.82, 2.24) is 25.0 Å². The Morgan fingerprint density at radius 1 is 1.24 bits per heavy atom. The van der Waals surface area contributed by atoms with Crippen molar-refractivity contribution in [2.75, 3.05) is 31.3 Å². The van der Waals surface area contributed by atoms with Crippen molar-refractivity contribution in [1.29, 1.82) is 0 Å². The van der Waals surface area contributed by atoms with Crippen molar-refractivity contribution in [3.05, 3.63) is 41.8 Å². The molecule has 2 aliphatic heterocycles. The first-order valence-electron chi connectivity index (χ1n) is 11.4. The van der Waals surface area contributed by atoms with Gasteiger partial charge in [-0.2, -0.15) is 0 Å². The molecule has 0 aliphatic carbocycles. The van der Waals surface area contributed by atoms with Crippen LogP contribution in [0.5, 0.6) is 5.75 Å². The van der Waals surface area contributed by atoms with Gasteiger partial charge >= 0.3 is 0 Å². The summed E-state index contributed by atoms with van der Waals surface area (Å²) in [6, 6.07) is 7.21. The molecule has 172 valence electrons. The minimum Gasteiger partial charge on any atom is -0.490 e. The Labute approximate surface area is 195 Å². The molecule has 8 nitrogen and oxygen atoms in total. The number of hydrogen-bond acceptors (Lipinski definition) is 7. The highest BCUT2D eigenvalue weighted by Crippen LogP contribution is 2.41. The van der Waals surface area contributed by atoms with Crippen LogP contribution in [-0.2, 0) is 11.8 Å². The van der Waals surface area contributed by atoms with E-state index in [1.54, 1.807) is 11.7 Å². The van der Waals surface area contributed by atoms with E-state index >= 15 is 4.39 Å². The first-order chi connectivity index (χ1) is 16.6. The maximum Gasteiger partial charge on any atom is 0.206 e. The number of ether oxygens (including phenoxy) is 2. The highest BCUT2D eigenvalue weighted by atomic mass is 19.1. The first-order valence-corrected chi connectivity index (χ1v) is 11.4. The molecule has 0 amide bonds. The molecule has 1 saturated heterocycles. The molecule has 34 heavy (non-hydrogen) atoms. The highest BCUT2D eigenvalue weighted by Gasteiger charge is 2.35. The maximum absolute atomic E-state index is 15.2. The molecule has 0 atom stereocenters. The fourth-order valence-corrected chi connectivity index (χ4v) is 4.50. The van der Waals surface area contributed by atoms with Crippen molar-refractivity contribution < 1.29 is 13.9 Å². The lowest BCUT2D eigenvalue weighted by atomic mass is 9.84. The van der Waals surface area contributed by atoms with E-state index in [1.165, 1.54) is 12.3 Å². The summed E-state index contributed by atoms with van der Waals surface area (Å²) in [5.74, 6) is 7.47. The molecule has 0 saturated carbocycles. The van der Waals surface area contributed by atoms with Crippen LogP contribution in [0.2, 0.25) is 0 Å². The van der Waals surface area contributed by atoms with E-state index in [4.69, 9.17) is 14.5 Å².